The maximum Gasteiger partial charge on any atom is 0.143 e. The summed E-state index contributed by atoms with van der Waals surface area (Å²) < 4.78 is 150. The smallest absolute Gasteiger partial charge is 0.143 e. The van der Waals surface area contributed by atoms with Crippen molar-refractivity contribution in [1.82, 2.24) is 0 Å². The van der Waals surface area contributed by atoms with E-state index in [4.69, 9.17) is 20.9 Å². The number of furan rings is 1. The quantitative estimate of drug-likeness (QED) is 0.145. The molecule has 0 aliphatic rings. The minimum Gasteiger partial charge on any atom is -0.455 e. The van der Waals surface area contributed by atoms with Gasteiger partial charge in [-0.25, -0.2) is 0 Å². The van der Waals surface area contributed by atoms with E-state index in [-0.39, 0.29) is 116 Å². The molecule has 79 heavy (non-hydrogen) atoms. The van der Waals surface area contributed by atoms with E-state index in [9.17, 15) is 5.48 Å². The molecule has 0 N–H and O–H groups in total. The fourth-order valence-corrected chi connectivity index (χ4v) is 11.8. The molecule has 1 heteroatoms. The average Bonchev–Trinajstić information content (AvgIpc) is 1.24. The SMILES string of the molecule is [2H]c1c([2H])c([2H])c2c(-c3ccc4ccccc4c3)c3c([2H])c([2H])c([2H])c([2H])c3c(Cc3cccc4ccccc34)c2c1[2H].[2H]c1c([2H])c([2H])c2c(-c3cccc(-c4ccccc4)c3)c3c([2H])c([2H])c([2H])c([2H])c3c(Cc3cccc4oc5c6ccccc6ccc5c34)c2c1[2H]. The van der Waals surface area contributed by atoms with Gasteiger partial charge in [-0.15, -0.1) is 0 Å². The zero-order valence-corrected chi connectivity index (χ0v) is 42.3. The lowest BCUT2D eigenvalue weighted by Gasteiger charge is -2.18. The van der Waals surface area contributed by atoms with Crippen molar-refractivity contribution in [2.45, 2.75) is 12.8 Å². The van der Waals surface area contributed by atoms with E-state index in [2.05, 4.69) is 0 Å². The molecule has 0 unspecified atom stereocenters. The number of fused-ring (bicyclic) bond motifs is 11. The zero-order chi connectivity index (χ0) is 66.2. The van der Waals surface area contributed by atoms with Crippen molar-refractivity contribution < 1.29 is 26.3 Å². The van der Waals surface area contributed by atoms with Crippen LogP contribution >= 0.6 is 0 Å². The van der Waals surface area contributed by atoms with Crippen LogP contribution in [-0.4, -0.2) is 0 Å². The molecule has 15 aromatic carbocycles. The molecular weight excluding hydrogens is 953 g/mol. The second kappa shape index (κ2) is 19.5. The summed E-state index contributed by atoms with van der Waals surface area (Å²) in [5.41, 5.74) is 7.60. The van der Waals surface area contributed by atoms with Gasteiger partial charge in [0.25, 0.3) is 0 Å². The largest absolute Gasteiger partial charge is 0.455 e. The molecule has 0 aliphatic carbocycles. The van der Waals surface area contributed by atoms with Gasteiger partial charge >= 0.3 is 0 Å². The Hall–Kier alpha value is -10.1. The van der Waals surface area contributed by atoms with Crippen molar-refractivity contribution in [2.24, 2.45) is 0 Å². The normalized spacial score (nSPS) is 14.5. The van der Waals surface area contributed by atoms with Crippen molar-refractivity contribution in [3.8, 4) is 33.4 Å². The molecule has 1 aromatic heterocycles. The lowest BCUT2D eigenvalue weighted by atomic mass is 9.85. The highest BCUT2D eigenvalue weighted by Gasteiger charge is 2.20. The van der Waals surface area contributed by atoms with Gasteiger partial charge in [0, 0.05) is 16.2 Å². The van der Waals surface area contributed by atoms with Gasteiger partial charge in [0.05, 0.1) is 21.9 Å². The van der Waals surface area contributed by atoms with Crippen LogP contribution in [0.15, 0.2) is 295 Å². The summed E-state index contributed by atoms with van der Waals surface area (Å²) in [5.74, 6) is 0. The molecule has 0 spiro atoms. The lowest BCUT2D eigenvalue weighted by Crippen LogP contribution is -1.96. The minimum atomic E-state index is -0.418. The van der Waals surface area contributed by atoms with Crippen LogP contribution < -0.4 is 0 Å². The third-order valence-electron chi connectivity index (χ3n) is 15.3. The minimum absolute atomic E-state index is 0.111. The molecule has 0 aliphatic heterocycles. The first-order chi connectivity index (χ1) is 45.8. The van der Waals surface area contributed by atoms with Crippen LogP contribution in [-0.2, 0) is 12.8 Å². The molecule has 16 rings (SSSR count). The van der Waals surface area contributed by atoms with E-state index in [0.717, 1.165) is 70.9 Å². The van der Waals surface area contributed by atoms with Crippen molar-refractivity contribution in [1.29, 1.82) is 0 Å². The van der Waals surface area contributed by atoms with Crippen LogP contribution in [0, 0.1) is 0 Å². The Morgan fingerprint density at radius 3 is 1.37 bits per heavy atom. The highest BCUT2D eigenvalue weighted by molar-refractivity contribution is 6.19. The van der Waals surface area contributed by atoms with Gasteiger partial charge in [0.15, 0.2) is 0 Å². The number of rotatable bonds is 7. The average molecular weight is 1020 g/mol. The Kier molecular flexibility index (Phi) is 8.02. The maximum absolute atomic E-state index is 9.32. The van der Waals surface area contributed by atoms with Gasteiger partial charge in [-0.2, -0.15) is 0 Å². The van der Waals surface area contributed by atoms with Gasteiger partial charge in [-0.05, 0) is 163 Å². The summed E-state index contributed by atoms with van der Waals surface area (Å²) in [6.07, 6.45) is 0.316. The molecule has 0 amide bonds. The summed E-state index contributed by atoms with van der Waals surface area (Å²) in [6.45, 7) is 0. The molecule has 0 bridgehead atoms. The fourth-order valence-electron chi connectivity index (χ4n) is 11.8. The summed E-state index contributed by atoms with van der Waals surface area (Å²) in [4.78, 5) is 0. The van der Waals surface area contributed by atoms with Crippen LogP contribution in [0.1, 0.15) is 44.2 Å². The standard InChI is InChI=1S/C43H28O.C35H24/c1-2-12-28(13-3-1)30-15-10-16-31(26-30)41-36-21-8-6-19-34(36)39(35-20-7-9-22-37(35)41)27-32-17-11-23-40-42(32)38-25-24-29-14-4-5-18-33(29)43(38)44-40;1-2-12-26-22-28(21-20-24(26)10-1)35-32-18-7-5-16-30(32)34(31-17-6-8-19-33(31)35)23-27-14-9-13-25-11-3-4-15-29(25)27/h1-26H,27H2;1-22H,23H2/i6D,7D,8D,9D,19D,20D,21D,22D;5D,6D,7D,8D,16D,17D,18D,19D. The molecule has 0 saturated heterocycles. The molecule has 0 saturated carbocycles. The Balaban J connectivity index is 0.000000159. The van der Waals surface area contributed by atoms with Crippen molar-refractivity contribution in [2.75, 3.05) is 0 Å². The molecule has 0 fully saturated rings. The second-order valence-corrected chi connectivity index (χ2v) is 19.8. The summed E-state index contributed by atoms with van der Waals surface area (Å²) in [6, 6.07) is 56.9. The number of hydrogen-bond acceptors (Lipinski definition) is 1. The van der Waals surface area contributed by atoms with Crippen molar-refractivity contribution in [3.63, 3.8) is 0 Å². The Labute approximate surface area is 481 Å². The molecule has 0 atom stereocenters. The first-order valence-electron chi connectivity index (χ1n) is 34.2. The molecule has 1 nitrogen and oxygen atoms in total. The Morgan fingerprint density at radius 1 is 0.278 bits per heavy atom. The third kappa shape index (κ3) is 8.10. The molecular formula is C78H52O. The topological polar surface area (TPSA) is 13.1 Å². The van der Waals surface area contributed by atoms with E-state index in [1.165, 1.54) is 0 Å². The molecule has 1 heterocycles. The van der Waals surface area contributed by atoms with Gasteiger partial charge in [-0.3, -0.25) is 0 Å². The zero-order valence-electron chi connectivity index (χ0n) is 58.3. The lowest BCUT2D eigenvalue weighted by molar-refractivity contribution is 0.672. The Morgan fingerprint density at radius 2 is 0.722 bits per heavy atom. The molecule has 0 radical (unpaired) electrons. The van der Waals surface area contributed by atoms with Crippen LogP contribution in [0.25, 0.3) is 131 Å². The van der Waals surface area contributed by atoms with E-state index in [1.807, 2.05) is 194 Å². The first kappa shape index (κ1) is 32.5. The number of hydrogen-bond donors (Lipinski definition) is 0. The first-order valence-corrected chi connectivity index (χ1v) is 26.2. The number of benzene rings is 15. The summed E-state index contributed by atoms with van der Waals surface area (Å²) in [7, 11) is 0. The van der Waals surface area contributed by atoms with Crippen LogP contribution in [0.4, 0.5) is 0 Å². The third-order valence-corrected chi connectivity index (χ3v) is 15.3. The van der Waals surface area contributed by atoms with Gasteiger partial charge in [-0.1, -0.05) is 267 Å². The predicted octanol–water partition coefficient (Wildman–Crippen LogP) is 21.5. The van der Waals surface area contributed by atoms with E-state index in [0.29, 0.717) is 39.0 Å². The highest BCUT2D eigenvalue weighted by atomic mass is 16.3. The van der Waals surface area contributed by atoms with E-state index in [1.54, 1.807) is 0 Å². The fraction of sp³-hybridized carbons (Fsp3) is 0.0256. The Bertz CT molecular complexity index is 5830. The van der Waals surface area contributed by atoms with E-state index < -0.39 is 36.3 Å². The monoisotopic (exact) mass is 1020 g/mol. The molecule has 370 valence electrons. The molecule has 16 aromatic rings. The highest BCUT2D eigenvalue weighted by Crippen LogP contribution is 2.45. The van der Waals surface area contributed by atoms with Gasteiger partial charge in [0.1, 0.15) is 11.2 Å². The van der Waals surface area contributed by atoms with Crippen molar-refractivity contribution in [3.05, 3.63) is 313 Å². The second-order valence-electron chi connectivity index (χ2n) is 19.8. The predicted molar refractivity (Wildman–Crippen MR) is 338 cm³/mol. The van der Waals surface area contributed by atoms with Crippen LogP contribution in [0.3, 0.4) is 0 Å². The summed E-state index contributed by atoms with van der Waals surface area (Å²) in [5, 5.41) is 9.45. The summed E-state index contributed by atoms with van der Waals surface area (Å²) >= 11 is 0. The van der Waals surface area contributed by atoms with Gasteiger partial charge < -0.3 is 4.42 Å². The van der Waals surface area contributed by atoms with Gasteiger partial charge in [0.2, 0.25) is 0 Å². The van der Waals surface area contributed by atoms with Crippen molar-refractivity contribution >= 4 is 97.3 Å². The van der Waals surface area contributed by atoms with Crippen LogP contribution in [0.5, 0.6) is 0 Å². The van der Waals surface area contributed by atoms with Crippen LogP contribution in [0.2, 0.25) is 0 Å². The maximum atomic E-state index is 9.32. The van der Waals surface area contributed by atoms with E-state index >= 15 is 0 Å².